The zero-order valence-corrected chi connectivity index (χ0v) is 22.3. The van der Waals surface area contributed by atoms with E-state index in [0.717, 1.165) is 56.3 Å². The van der Waals surface area contributed by atoms with Crippen molar-refractivity contribution in [3.8, 4) is 11.5 Å². The molecule has 3 aliphatic rings. The fourth-order valence-corrected chi connectivity index (χ4v) is 6.42. The summed E-state index contributed by atoms with van der Waals surface area (Å²) in [5, 5.41) is 10.9. The van der Waals surface area contributed by atoms with Crippen LogP contribution in [0.15, 0.2) is 18.2 Å². The number of esters is 1. The normalized spacial score (nSPS) is 27.0. The maximum absolute atomic E-state index is 13.8. The molecule has 3 unspecified atom stereocenters. The first-order valence-electron chi connectivity index (χ1n) is 13.7. The van der Waals surface area contributed by atoms with Crippen molar-refractivity contribution in [2.45, 2.75) is 103 Å². The average Bonchev–Trinajstić information content (AvgIpc) is 3.51. The van der Waals surface area contributed by atoms with E-state index < -0.39 is 23.6 Å². The number of aliphatic hydroxyl groups is 1. The summed E-state index contributed by atoms with van der Waals surface area (Å²) in [6, 6.07) is 5.97. The lowest BCUT2D eigenvalue weighted by molar-refractivity contribution is -0.163. The van der Waals surface area contributed by atoms with E-state index in [0.29, 0.717) is 18.8 Å². The van der Waals surface area contributed by atoms with Crippen LogP contribution in [0.25, 0.3) is 0 Å². The predicted molar refractivity (Wildman–Crippen MR) is 137 cm³/mol. The number of rotatable bonds is 8. The Morgan fingerprint density at radius 2 is 1.72 bits per heavy atom. The number of ether oxygens (including phenoxy) is 3. The first-order chi connectivity index (χ1) is 17.2. The van der Waals surface area contributed by atoms with E-state index in [2.05, 4.69) is 0 Å². The molecule has 1 amide bonds. The first-order valence-corrected chi connectivity index (χ1v) is 13.7. The number of carbonyl (C=O) groups is 2. The van der Waals surface area contributed by atoms with E-state index in [1.54, 1.807) is 18.9 Å². The maximum atomic E-state index is 13.8. The molecule has 1 aliphatic heterocycles. The minimum atomic E-state index is -0.753. The number of likely N-dealkylation sites (tertiary alicyclic amines) is 1. The van der Waals surface area contributed by atoms with Crippen LogP contribution >= 0.6 is 0 Å². The van der Waals surface area contributed by atoms with Gasteiger partial charge in [-0.25, -0.2) is 0 Å². The standard InChI is InChI=1S/C29H43NO6/c1-19(31)29(3)18-30(28(33)27(35-20(2)32)21-10-6-5-7-11-21)17-24(29)22-14-15-25(34-4)26(16-22)36-23-12-8-9-13-23/h14-16,19,21,23-24,27,31H,5-13,17-18H2,1-4H3/t19?,24?,27-,29?/m0/s1. The minimum absolute atomic E-state index is 0.0550. The topological polar surface area (TPSA) is 85.3 Å². The van der Waals surface area contributed by atoms with Gasteiger partial charge < -0.3 is 24.2 Å². The molecule has 1 heterocycles. The molecule has 1 aromatic carbocycles. The smallest absolute Gasteiger partial charge is 0.303 e. The van der Waals surface area contributed by atoms with Gasteiger partial charge in [0.05, 0.1) is 19.3 Å². The van der Waals surface area contributed by atoms with E-state index in [4.69, 9.17) is 14.2 Å². The second-order valence-corrected chi connectivity index (χ2v) is 11.3. The summed E-state index contributed by atoms with van der Waals surface area (Å²) in [5.74, 6) is 0.823. The summed E-state index contributed by atoms with van der Waals surface area (Å²) in [6.07, 6.45) is 8.31. The fraction of sp³-hybridized carbons (Fsp3) is 0.724. The van der Waals surface area contributed by atoms with Crippen molar-refractivity contribution in [2.75, 3.05) is 20.2 Å². The number of hydrogen-bond donors (Lipinski definition) is 1. The Hall–Kier alpha value is -2.28. The van der Waals surface area contributed by atoms with Crippen LogP contribution in [0, 0.1) is 11.3 Å². The molecule has 2 saturated carbocycles. The number of nitrogens with zero attached hydrogens (tertiary/aromatic N) is 1. The van der Waals surface area contributed by atoms with E-state index in [-0.39, 0.29) is 23.8 Å². The zero-order chi connectivity index (χ0) is 25.9. The van der Waals surface area contributed by atoms with Gasteiger partial charge in [0.25, 0.3) is 5.91 Å². The van der Waals surface area contributed by atoms with Crippen LogP contribution < -0.4 is 9.47 Å². The highest BCUT2D eigenvalue weighted by Crippen LogP contribution is 2.47. The molecule has 7 nitrogen and oxygen atoms in total. The summed E-state index contributed by atoms with van der Waals surface area (Å²) in [6.45, 7) is 6.08. The van der Waals surface area contributed by atoms with Crippen LogP contribution in [0.3, 0.4) is 0 Å². The largest absolute Gasteiger partial charge is 0.493 e. The molecule has 3 fully saturated rings. The summed E-state index contributed by atoms with van der Waals surface area (Å²) in [7, 11) is 1.65. The molecule has 0 bridgehead atoms. The summed E-state index contributed by atoms with van der Waals surface area (Å²) in [5.41, 5.74) is 0.464. The zero-order valence-electron chi connectivity index (χ0n) is 22.3. The van der Waals surface area contributed by atoms with Gasteiger partial charge in [-0.3, -0.25) is 9.59 Å². The van der Waals surface area contributed by atoms with Crippen molar-refractivity contribution in [3.63, 3.8) is 0 Å². The molecule has 0 radical (unpaired) electrons. The Kier molecular flexibility index (Phi) is 8.48. The molecule has 4 rings (SSSR count). The quantitative estimate of drug-likeness (QED) is 0.513. The highest BCUT2D eigenvalue weighted by atomic mass is 16.5. The van der Waals surface area contributed by atoms with Crippen LogP contribution in [0.1, 0.15) is 90.0 Å². The highest BCUT2D eigenvalue weighted by molar-refractivity contribution is 5.84. The molecule has 1 saturated heterocycles. The number of benzene rings is 1. The van der Waals surface area contributed by atoms with E-state index >= 15 is 0 Å². The summed E-state index contributed by atoms with van der Waals surface area (Å²) < 4.78 is 17.5. The highest BCUT2D eigenvalue weighted by Gasteiger charge is 2.50. The monoisotopic (exact) mass is 501 g/mol. The lowest BCUT2D eigenvalue weighted by Crippen LogP contribution is -2.46. The van der Waals surface area contributed by atoms with Crippen molar-refractivity contribution in [1.29, 1.82) is 0 Å². The second kappa shape index (κ2) is 11.4. The van der Waals surface area contributed by atoms with Crippen molar-refractivity contribution in [1.82, 2.24) is 4.90 Å². The Morgan fingerprint density at radius 1 is 1.06 bits per heavy atom. The van der Waals surface area contributed by atoms with Gasteiger partial charge in [-0.15, -0.1) is 0 Å². The number of hydrogen-bond acceptors (Lipinski definition) is 6. The Bertz CT molecular complexity index is 920. The van der Waals surface area contributed by atoms with Crippen LogP contribution in [-0.2, 0) is 14.3 Å². The van der Waals surface area contributed by atoms with Crippen molar-refractivity contribution in [3.05, 3.63) is 23.8 Å². The van der Waals surface area contributed by atoms with Crippen LogP contribution in [0.2, 0.25) is 0 Å². The summed E-state index contributed by atoms with van der Waals surface area (Å²) >= 11 is 0. The number of amides is 1. The van der Waals surface area contributed by atoms with Crippen molar-refractivity contribution < 1.29 is 28.9 Å². The van der Waals surface area contributed by atoms with Crippen LogP contribution in [0.4, 0.5) is 0 Å². The molecule has 1 N–H and O–H groups in total. The lowest BCUT2D eigenvalue weighted by atomic mass is 9.72. The molecule has 0 spiro atoms. The number of aliphatic hydroxyl groups excluding tert-OH is 1. The SMILES string of the molecule is COc1ccc(C2CN(C(=O)[C@@H](OC(C)=O)C3CCCCC3)CC2(C)C(C)O)cc1OC1CCCC1. The van der Waals surface area contributed by atoms with Crippen molar-refractivity contribution >= 4 is 11.9 Å². The molecule has 2 aliphatic carbocycles. The van der Waals surface area contributed by atoms with Crippen LogP contribution in [-0.4, -0.2) is 60.4 Å². The molecule has 7 heteroatoms. The molecular formula is C29H43NO6. The van der Waals surface area contributed by atoms with Gasteiger partial charge in [-0.2, -0.15) is 0 Å². The number of carbonyl (C=O) groups excluding carboxylic acids is 2. The molecule has 200 valence electrons. The summed E-state index contributed by atoms with van der Waals surface area (Å²) in [4.78, 5) is 27.5. The molecular weight excluding hydrogens is 458 g/mol. The van der Waals surface area contributed by atoms with Gasteiger partial charge in [0.2, 0.25) is 0 Å². The Balaban J connectivity index is 1.60. The average molecular weight is 502 g/mol. The predicted octanol–water partition coefficient (Wildman–Crippen LogP) is 4.84. The third-order valence-corrected chi connectivity index (χ3v) is 8.80. The Labute approximate surface area is 215 Å². The third-order valence-electron chi connectivity index (χ3n) is 8.80. The molecule has 4 atom stereocenters. The van der Waals surface area contributed by atoms with Gasteiger partial charge in [-0.05, 0) is 63.1 Å². The van der Waals surface area contributed by atoms with Crippen molar-refractivity contribution in [2.24, 2.45) is 11.3 Å². The lowest BCUT2D eigenvalue weighted by Gasteiger charge is -2.34. The van der Waals surface area contributed by atoms with Gasteiger partial charge in [0, 0.05) is 37.3 Å². The van der Waals surface area contributed by atoms with Gasteiger partial charge in [0.1, 0.15) is 0 Å². The van der Waals surface area contributed by atoms with E-state index in [1.165, 1.54) is 19.8 Å². The number of methoxy groups -OCH3 is 1. The van der Waals surface area contributed by atoms with Gasteiger partial charge in [0.15, 0.2) is 17.6 Å². The van der Waals surface area contributed by atoms with Gasteiger partial charge >= 0.3 is 5.97 Å². The van der Waals surface area contributed by atoms with Gasteiger partial charge in [-0.1, -0.05) is 32.3 Å². The molecule has 36 heavy (non-hydrogen) atoms. The third kappa shape index (κ3) is 5.66. The molecule has 0 aromatic heterocycles. The minimum Gasteiger partial charge on any atom is -0.493 e. The fourth-order valence-electron chi connectivity index (χ4n) is 6.42. The molecule has 1 aromatic rings. The van der Waals surface area contributed by atoms with Crippen LogP contribution in [0.5, 0.6) is 11.5 Å². The Morgan fingerprint density at radius 3 is 2.33 bits per heavy atom. The van der Waals surface area contributed by atoms with E-state index in [9.17, 15) is 14.7 Å². The van der Waals surface area contributed by atoms with E-state index in [1.807, 2.05) is 25.1 Å². The second-order valence-electron chi connectivity index (χ2n) is 11.3. The maximum Gasteiger partial charge on any atom is 0.303 e. The first kappa shape index (κ1) is 26.8.